The fourth-order valence-corrected chi connectivity index (χ4v) is 6.90. The van der Waals surface area contributed by atoms with Gasteiger partial charge in [0.05, 0.1) is 11.5 Å². The summed E-state index contributed by atoms with van der Waals surface area (Å²) in [5, 5.41) is 11.1. The Labute approximate surface area is 186 Å². The number of piperidine rings is 1. The van der Waals surface area contributed by atoms with Gasteiger partial charge in [-0.15, -0.1) is 0 Å². The average molecular weight is 424 g/mol. The first-order chi connectivity index (χ1) is 14.9. The molecule has 0 aromatic heterocycles. The summed E-state index contributed by atoms with van der Waals surface area (Å²) in [5.74, 6) is 0.325. The molecular formula is C27H37NO3. The van der Waals surface area contributed by atoms with Gasteiger partial charge in [-0.2, -0.15) is 0 Å². The largest absolute Gasteiger partial charge is 0.462 e. The maximum Gasteiger partial charge on any atom is 0.310 e. The zero-order valence-electron chi connectivity index (χ0n) is 19.1. The van der Waals surface area contributed by atoms with Crippen LogP contribution in [-0.4, -0.2) is 47.3 Å². The number of hydrogen-bond donors (Lipinski definition) is 1. The van der Waals surface area contributed by atoms with Crippen molar-refractivity contribution in [2.45, 2.75) is 76.9 Å². The van der Waals surface area contributed by atoms with Crippen LogP contribution >= 0.6 is 0 Å². The van der Waals surface area contributed by atoms with Crippen LogP contribution in [0.15, 0.2) is 41.5 Å². The van der Waals surface area contributed by atoms with Crippen molar-refractivity contribution in [3.8, 4) is 0 Å². The molecule has 2 heterocycles. The normalized spacial score (nSPS) is 35.5. The Balaban J connectivity index is 1.22. The summed E-state index contributed by atoms with van der Waals surface area (Å²) in [6, 6.07) is 10.3. The Kier molecular flexibility index (Phi) is 5.50. The number of esters is 1. The average Bonchev–Trinajstić information content (AvgIpc) is 3.02. The summed E-state index contributed by atoms with van der Waals surface area (Å²) in [6.45, 7) is 7.18. The molecule has 0 bridgehead atoms. The number of rotatable bonds is 4. The molecule has 4 nitrogen and oxygen atoms in total. The lowest BCUT2D eigenvalue weighted by atomic mass is 9.59. The fourth-order valence-electron chi connectivity index (χ4n) is 6.90. The minimum atomic E-state index is -0.632. The lowest BCUT2D eigenvalue weighted by molar-refractivity contribution is -0.145. The number of likely N-dealkylation sites (tertiary alicyclic amines) is 1. The predicted octanol–water partition coefficient (Wildman–Crippen LogP) is 4.51. The number of benzene rings is 1. The first-order valence-corrected chi connectivity index (χ1v) is 12.2. The molecule has 5 rings (SSSR count). The highest BCUT2D eigenvalue weighted by molar-refractivity contribution is 5.76. The Hall–Kier alpha value is -1.65. The third-order valence-corrected chi connectivity index (χ3v) is 8.80. The quantitative estimate of drug-likeness (QED) is 0.572. The minimum absolute atomic E-state index is 0.0145. The van der Waals surface area contributed by atoms with Crippen molar-refractivity contribution >= 4 is 5.97 Å². The summed E-state index contributed by atoms with van der Waals surface area (Å²) in [6.07, 6.45) is 8.09. The molecule has 0 unspecified atom stereocenters. The van der Waals surface area contributed by atoms with Crippen LogP contribution in [0.5, 0.6) is 0 Å². The molecule has 1 N–H and O–H groups in total. The summed E-state index contributed by atoms with van der Waals surface area (Å²) in [7, 11) is 0. The molecule has 0 amide bonds. The number of nitrogens with zero attached hydrogens (tertiary/aromatic N) is 1. The number of fused-ring (bicyclic) bond motifs is 2. The number of allylic oxidation sites excluding steroid dienone is 2. The van der Waals surface area contributed by atoms with Crippen LogP contribution < -0.4 is 0 Å². The van der Waals surface area contributed by atoms with E-state index in [1.54, 1.807) is 11.1 Å². The van der Waals surface area contributed by atoms with Crippen molar-refractivity contribution in [1.82, 2.24) is 4.90 Å². The Morgan fingerprint density at radius 3 is 2.65 bits per heavy atom. The van der Waals surface area contributed by atoms with Crippen LogP contribution in [0.3, 0.4) is 0 Å². The molecule has 4 heteroatoms. The third kappa shape index (κ3) is 4.09. The van der Waals surface area contributed by atoms with E-state index in [4.69, 9.17) is 4.74 Å². The van der Waals surface area contributed by atoms with E-state index in [2.05, 4.69) is 30.9 Å². The van der Waals surface area contributed by atoms with Gasteiger partial charge in [0, 0.05) is 32.0 Å². The van der Waals surface area contributed by atoms with Gasteiger partial charge in [-0.3, -0.25) is 4.79 Å². The molecule has 4 atom stereocenters. The van der Waals surface area contributed by atoms with E-state index >= 15 is 0 Å². The van der Waals surface area contributed by atoms with Crippen LogP contribution in [-0.2, 0) is 16.0 Å². The van der Waals surface area contributed by atoms with Crippen molar-refractivity contribution in [2.24, 2.45) is 17.3 Å². The van der Waals surface area contributed by atoms with E-state index in [1.165, 1.54) is 24.8 Å². The van der Waals surface area contributed by atoms with Gasteiger partial charge in [-0.1, -0.05) is 48.4 Å². The highest BCUT2D eigenvalue weighted by Crippen LogP contribution is 2.55. The molecule has 168 valence electrons. The third-order valence-electron chi connectivity index (χ3n) is 8.80. The molecule has 1 aromatic rings. The maximum atomic E-state index is 12.9. The highest BCUT2D eigenvalue weighted by Gasteiger charge is 2.53. The van der Waals surface area contributed by atoms with E-state index in [0.717, 1.165) is 45.3 Å². The molecule has 0 spiro atoms. The van der Waals surface area contributed by atoms with Gasteiger partial charge in [0.15, 0.2) is 0 Å². The minimum Gasteiger partial charge on any atom is -0.462 e. The number of ether oxygens (including phenoxy) is 1. The number of carbonyl (C=O) groups excluding carboxylic acids is 1. The van der Waals surface area contributed by atoms with Crippen molar-refractivity contribution in [3.05, 3.63) is 47.0 Å². The van der Waals surface area contributed by atoms with Crippen LogP contribution in [0, 0.1) is 17.3 Å². The zero-order chi connectivity index (χ0) is 21.6. The summed E-state index contributed by atoms with van der Waals surface area (Å²) in [4.78, 5) is 15.3. The number of aliphatic hydroxyl groups is 1. The van der Waals surface area contributed by atoms with Crippen molar-refractivity contribution in [3.63, 3.8) is 0 Å². The van der Waals surface area contributed by atoms with Gasteiger partial charge in [0.1, 0.15) is 6.10 Å². The van der Waals surface area contributed by atoms with Gasteiger partial charge in [-0.25, -0.2) is 0 Å². The maximum absolute atomic E-state index is 12.9. The lowest BCUT2D eigenvalue weighted by Crippen LogP contribution is -2.48. The summed E-state index contributed by atoms with van der Waals surface area (Å²) in [5.41, 5.74) is 3.99. The van der Waals surface area contributed by atoms with Crippen LogP contribution in [0.2, 0.25) is 0 Å². The molecule has 2 aliphatic carbocycles. The second-order valence-corrected chi connectivity index (χ2v) is 11.0. The topological polar surface area (TPSA) is 49.8 Å². The van der Waals surface area contributed by atoms with Gasteiger partial charge >= 0.3 is 5.97 Å². The molecule has 1 saturated carbocycles. The number of carbonyl (C=O) groups is 1. The van der Waals surface area contributed by atoms with Gasteiger partial charge in [0.25, 0.3) is 0 Å². The van der Waals surface area contributed by atoms with Crippen molar-refractivity contribution in [2.75, 3.05) is 19.6 Å². The smallest absolute Gasteiger partial charge is 0.310 e. The van der Waals surface area contributed by atoms with E-state index in [0.29, 0.717) is 12.3 Å². The first-order valence-electron chi connectivity index (χ1n) is 12.2. The Bertz CT molecular complexity index is 854. The van der Waals surface area contributed by atoms with Crippen LogP contribution in [0.25, 0.3) is 0 Å². The van der Waals surface area contributed by atoms with Crippen LogP contribution in [0.4, 0.5) is 0 Å². The molecular weight excluding hydrogens is 386 g/mol. The summed E-state index contributed by atoms with van der Waals surface area (Å²) < 4.78 is 5.95. The van der Waals surface area contributed by atoms with Crippen LogP contribution in [0.1, 0.15) is 64.4 Å². The predicted molar refractivity (Wildman–Crippen MR) is 122 cm³/mol. The van der Waals surface area contributed by atoms with E-state index < -0.39 is 5.60 Å². The van der Waals surface area contributed by atoms with E-state index in [1.807, 2.05) is 18.2 Å². The second-order valence-electron chi connectivity index (χ2n) is 11.0. The highest BCUT2D eigenvalue weighted by atomic mass is 16.6. The molecule has 2 saturated heterocycles. The van der Waals surface area contributed by atoms with Gasteiger partial charge < -0.3 is 14.7 Å². The Morgan fingerprint density at radius 2 is 1.90 bits per heavy atom. The lowest BCUT2D eigenvalue weighted by Gasteiger charge is -2.46. The second kappa shape index (κ2) is 8.04. The van der Waals surface area contributed by atoms with Crippen molar-refractivity contribution in [1.29, 1.82) is 0 Å². The molecule has 0 radical (unpaired) electrons. The van der Waals surface area contributed by atoms with E-state index in [9.17, 15) is 9.90 Å². The molecule has 1 aromatic carbocycles. The summed E-state index contributed by atoms with van der Waals surface area (Å²) >= 11 is 0. The van der Waals surface area contributed by atoms with E-state index in [-0.39, 0.29) is 23.4 Å². The standard InChI is InChI=1S/C27H37NO3/c1-19-7-6-10-26(2)17-24-21(15-23(19)26)22(25(29)31-24)18-28-13-11-27(30,12-14-28)16-20-8-4-3-5-9-20/h3-5,8-9,21-22,24,30H,6-7,10-18H2,1-2H3/t21-,22-,24-,26-/m1/s1. The first kappa shape index (κ1) is 21.2. The molecule has 31 heavy (non-hydrogen) atoms. The van der Waals surface area contributed by atoms with Gasteiger partial charge in [-0.05, 0) is 62.8 Å². The van der Waals surface area contributed by atoms with Crippen molar-refractivity contribution < 1.29 is 14.6 Å². The molecule has 4 aliphatic rings. The monoisotopic (exact) mass is 423 g/mol. The molecule has 2 aliphatic heterocycles. The Morgan fingerprint density at radius 1 is 1.16 bits per heavy atom. The fraction of sp³-hybridized carbons (Fsp3) is 0.667. The number of hydrogen-bond acceptors (Lipinski definition) is 4. The molecule has 3 fully saturated rings. The zero-order valence-corrected chi connectivity index (χ0v) is 19.1. The SMILES string of the molecule is CC1=C2C[C@H]3[C@@H](C[C@@]2(C)CCC1)OC(=O)[C@@H]3CN1CCC(O)(Cc2ccccc2)CC1. The van der Waals surface area contributed by atoms with Gasteiger partial charge in [0.2, 0.25) is 0 Å².